The molecule has 0 fully saturated rings. The van der Waals surface area contributed by atoms with Crippen LogP contribution in [-0.4, -0.2) is 25.2 Å². The number of benzene rings is 1. The van der Waals surface area contributed by atoms with Crippen molar-refractivity contribution in [3.8, 4) is 12.1 Å². The summed E-state index contributed by atoms with van der Waals surface area (Å²) in [6.45, 7) is 3.78. The Hall–Kier alpha value is -3.38. The SMILES string of the molecule is CCOC(=O)/C=C(\C#N)c1ccc(/C(C#N)=C/C(=O)OCC)cc1. The minimum Gasteiger partial charge on any atom is -0.463 e. The molecule has 0 aromatic heterocycles. The maximum absolute atomic E-state index is 11.4. The number of nitriles is 2. The van der Waals surface area contributed by atoms with E-state index < -0.39 is 11.9 Å². The molecule has 0 unspecified atom stereocenters. The van der Waals surface area contributed by atoms with Gasteiger partial charge in [0.25, 0.3) is 0 Å². The van der Waals surface area contributed by atoms with Gasteiger partial charge < -0.3 is 9.47 Å². The Morgan fingerprint density at radius 2 is 1.21 bits per heavy atom. The third-order valence-electron chi connectivity index (χ3n) is 2.85. The minimum atomic E-state index is -0.599. The summed E-state index contributed by atoms with van der Waals surface area (Å²) in [5.74, 6) is -1.20. The molecule has 0 spiro atoms. The first-order valence-corrected chi connectivity index (χ1v) is 7.23. The van der Waals surface area contributed by atoms with E-state index in [4.69, 9.17) is 20.0 Å². The Kier molecular flexibility index (Phi) is 7.47. The third-order valence-corrected chi connectivity index (χ3v) is 2.85. The second-order valence-corrected chi connectivity index (χ2v) is 4.42. The average molecular weight is 324 g/mol. The van der Waals surface area contributed by atoms with Crippen LogP contribution in [0, 0.1) is 22.7 Å². The number of nitrogens with zero attached hydrogens (tertiary/aromatic N) is 2. The molecule has 0 heterocycles. The number of carbonyl (C=O) groups excluding carboxylic acids is 2. The molecule has 0 aliphatic rings. The molecule has 122 valence electrons. The summed E-state index contributed by atoms with van der Waals surface area (Å²) in [6.07, 6.45) is 2.22. The van der Waals surface area contributed by atoms with E-state index in [0.29, 0.717) is 11.1 Å². The van der Waals surface area contributed by atoms with E-state index in [1.807, 2.05) is 12.1 Å². The molecule has 0 atom stereocenters. The van der Waals surface area contributed by atoms with Crippen LogP contribution in [0.3, 0.4) is 0 Å². The van der Waals surface area contributed by atoms with Crippen molar-refractivity contribution in [1.82, 2.24) is 0 Å². The lowest BCUT2D eigenvalue weighted by Crippen LogP contribution is -2.01. The van der Waals surface area contributed by atoms with Gasteiger partial charge >= 0.3 is 11.9 Å². The first-order chi connectivity index (χ1) is 11.5. The highest BCUT2D eigenvalue weighted by Crippen LogP contribution is 2.19. The molecule has 0 N–H and O–H groups in total. The Balaban J connectivity index is 3.07. The van der Waals surface area contributed by atoms with Crippen molar-refractivity contribution in [2.75, 3.05) is 13.2 Å². The van der Waals surface area contributed by atoms with Crippen LogP contribution < -0.4 is 0 Å². The topological polar surface area (TPSA) is 100 Å². The van der Waals surface area contributed by atoms with Gasteiger partial charge in [-0.3, -0.25) is 0 Å². The Bertz CT molecular complexity index is 682. The first-order valence-electron chi connectivity index (χ1n) is 7.23. The molecule has 6 nitrogen and oxygen atoms in total. The lowest BCUT2D eigenvalue weighted by Gasteiger charge is -2.03. The highest BCUT2D eigenvalue weighted by molar-refractivity contribution is 5.97. The van der Waals surface area contributed by atoms with Crippen molar-refractivity contribution in [2.45, 2.75) is 13.8 Å². The molecular formula is C18H16N2O4. The zero-order valence-corrected chi connectivity index (χ0v) is 13.4. The van der Waals surface area contributed by atoms with Gasteiger partial charge in [-0.1, -0.05) is 24.3 Å². The van der Waals surface area contributed by atoms with Crippen LogP contribution in [0.25, 0.3) is 11.1 Å². The van der Waals surface area contributed by atoms with Gasteiger partial charge in [0.15, 0.2) is 0 Å². The fourth-order valence-electron chi connectivity index (χ4n) is 1.79. The molecule has 0 saturated heterocycles. The maximum atomic E-state index is 11.4. The number of ether oxygens (including phenoxy) is 2. The standard InChI is InChI=1S/C18H16N2O4/c1-3-23-17(21)9-15(11-19)13-5-7-14(8-6-13)16(12-20)10-18(22)24-4-2/h5-10H,3-4H2,1-2H3/b15-9+,16-10+. The summed E-state index contributed by atoms with van der Waals surface area (Å²) in [4.78, 5) is 22.9. The minimum absolute atomic E-state index is 0.146. The maximum Gasteiger partial charge on any atom is 0.332 e. The van der Waals surface area contributed by atoms with Gasteiger partial charge in [-0.05, 0) is 25.0 Å². The zero-order chi connectivity index (χ0) is 17.9. The Morgan fingerprint density at radius 3 is 1.46 bits per heavy atom. The highest BCUT2D eigenvalue weighted by Gasteiger charge is 2.08. The number of hydrogen-bond donors (Lipinski definition) is 0. The molecule has 0 bridgehead atoms. The molecule has 0 aliphatic heterocycles. The lowest BCUT2D eigenvalue weighted by molar-refractivity contribution is -0.138. The molecule has 0 radical (unpaired) electrons. The van der Waals surface area contributed by atoms with Gasteiger partial charge in [0.05, 0.1) is 24.4 Å². The van der Waals surface area contributed by atoms with E-state index >= 15 is 0 Å². The van der Waals surface area contributed by atoms with E-state index in [1.54, 1.807) is 38.1 Å². The van der Waals surface area contributed by atoms with Gasteiger partial charge in [0, 0.05) is 12.2 Å². The summed E-state index contributed by atoms with van der Waals surface area (Å²) in [6, 6.07) is 10.2. The van der Waals surface area contributed by atoms with E-state index in [-0.39, 0.29) is 24.4 Å². The monoisotopic (exact) mass is 324 g/mol. The van der Waals surface area contributed by atoms with E-state index in [9.17, 15) is 9.59 Å². The van der Waals surface area contributed by atoms with Crippen molar-refractivity contribution in [3.05, 3.63) is 47.5 Å². The van der Waals surface area contributed by atoms with Crippen LogP contribution in [0.4, 0.5) is 0 Å². The fourth-order valence-corrected chi connectivity index (χ4v) is 1.79. The Labute approximate surface area is 140 Å². The molecule has 0 amide bonds. The van der Waals surface area contributed by atoms with Crippen LogP contribution in [0.15, 0.2) is 36.4 Å². The number of rotatable bonds is 6. The molecular weight excluding hydrogens is 308 g/mol. The second kappa shape index (κ2) is 9.60. The summed E-state index contributed by atoms with van der Waals surface area (Å²) in [7, 11) is 0. The zero-order valence-electron chi connectivity index (χ0n) is 13.4. The first kappa shape index (κ1) is 18.7. The number of hydrogen-bond acceptors (Lipinski definition) is 6. The summed E-state index contributed by atoms with van der Waals surface area (Å²) < 4.78 is 9.54. The van der Waals surface area contributed by atoms with Crippen molar-refractivity contribution < 1.29 is 19.1 Å². The molecule has 1 aromatic rings. The van der Waals surface area contributed by atoms with Gasteiger partial charge in [-0.15, -0.1) is 0 Å². The molecule has 1 rings (SSSR count). The summed E-state index contributed by atoms with van der Waals surface area (Å²) >= 11 is 0. The molecule has 0 saturated carbocycles. The van der Waals surface area contributed by atoms with E-state index in [0.717, 1.165) is 12.2 Å². The average Bonchev–Trinajstić information content (AvgIpc) is 2.58. The second-order valence-electron chi connectivity index (χ2n) is 4.42. The summed E-state index contributed by atoms with van der Waals surface area (Å²) in [5.41, 5.74) is 1.30. The number of allylic oxidation sites excluding steroid dienone is 2. The molecule has 1 aromatic carbocycles. The quantitative estimate of drug-likeness (QED) is 0.453. The molecule has 0 aliphatic carbocycles. The summed E-state index contributed by atoms with van der Waals surface area (Å²) in [5, 5.41) is 18.3. The Morgan fingerprint density at radius 1 is 0.875 bits per heavy atom. The van der Waals surface area contributed by atoms with Crippen molar-refractivity contribution in [3.63, 3.8) is 0 Å². The van der Waals surface area contributed by atoms with E-state index in [1.165, 1.54) is 0 Å². The lowest BCUT2D eigenvalue weighted by atomic mass is 10.0. The van der Waals surface area contributed by atoms with Gasteiger partial charge in [0.2, 0.25) is 0 Å². The smallest absolute Gasteiger partial charge is 0.332 e. The van der Waals surface area contributed by atoms with Crippen LogP contribution in [0.2, 0.25) is 0 Å². The highest BCUT2D eigenvalue weighted by atomic mass is 16.5. The fraction of sp³-hybridized carbons (Fsp3) is 0.222. The van der Waals surface area contributed by atoms with Gasteiger partial charge in [0.1, 0.15) is 12.1 Å². The van der Waals surface area contributed by atoms with Gasteiger partial charge in [-0.2, -0.15) is 10.5 Å². The predicted octanol–water partition coefficient (Wildman–Crippen LogP) is 2.63. The molecule has 6 heteroatoms. The number of esters is 2. The van der Waals surface area contributed by atoms with E-state index in [2.05, 4.69) is 0 Å². The van der Waals surface area contributed by atoms with Crippen LogP contribution in [0.1, 0.15) is 25.0 Å². The van der Waals surface area contributed by atoms with Gasteiger partial charge in [-0.25, -0.2) is 9.59 Å². The van der Waals surface area contributed by atoms with Crippen molar-refractivity contribution in [2.24, 2.45) is 0 Å². The van der Waals surface area contributed by atoms with Crippen LogP contribution >= 0.6 is 0 Å². The predicted molar refractivity (Wildman–Crippen MR) is 86.9 cm³/mol. The normalized spacial score (nSPS) is 11.2. The third kappa shape index (κ3) is 5.43. The van der Waals surface area contributed by atoms with Crippen molar-refractivity contribution in [1.29, 1.82) is 10.5 Å². The number of carbonyl (C=O) groups is 2. The van der Waals surface area contributed by atoms with Crippen LogP contribution in [-0.2, 0) is 19.1 Å². The largest absolute Gasteiger partial charge is 0.463 e. The van der Waals surface area contributed by atoms with Crippen LogP contribution in [0.5, 0.6) is 0 Å². The van der Waals surface area contributed by atoms with Crippen molar-refractivity contribution >= 4 is 23.1 Å². The molecule has 24 heavy (non-hydrogen) atoms.